The lowest BCUT2D eigenvalue weighted by atomic mass is 10.1. The number of nitrogens with zero attached hydrogens (tertiary/aromatic N) is 3. The van der Waals surface area contributed by atoms with Crippen molar-refractivity contribution < 1.29 is 9.63 Å². The van der Waals surface area contributed by atoms with E-state index >= 15 is 0 Å². The Morgan fingerprint density at radius 2 is 1.73 bits per heavy atom. The first kappa shape index (κ1) is 12.5. The number of aromatic hydroxyl groups is 1. The maximum Gasteiger partial charge on any atom is 0.262 e. The number of pyridine rings is 1. The first-order valence-corrected chi connectivity index (χ1v) is 6.79. The molecule has 1 N–H and O–H groups in total. The lowest BCUT2D eigenvalue weighted by molar-refractivity contribution is 0.425. The van der Waals surface area contributed by atoms with Crippen molar-refractivity contribution in [2.75, 3.05) is 0 Å². The van der Waals surface area contributed by atoms with Crippen molar-refractivity contribution in [2.45, 2.75) is 0 Å². The van der Waals surface area contributed by atoms with E-state index in [1.165, 1.54) is 0 Å². The predicted octanol–water partition coefficient (Wildman–Crippen LogP) is 3.66. The van der Waals surface area contributed by atoms with Gasteiger partial charge in [-0.15, -0.1) is 0 Å². The van der Waals surface area contributed by atoms with Gasteiger partial charge in [0.15, 0.2) is 0 Å². The van der Waals surface area contributed by atoms with Crippen LogP contribution in [0.3, 0.4) is 0 Å². The monoisotopic (exact) mass is 289 g/mol. The molecule has 22 heavy (non-hydrogen) atoms. The Bertz CT molecular complexity index is 957. The molecule has 5 nitrogen and oxygen atoms in total. The number of phenols is 1. The molecule has 0 aliphatic rings. The quantitative estimate of drug-likeness (QED) is 0.609. The summed E-state index contributed by atoms with van der Waals surface area (Å²) in [5.41, 5.74) is 1.16. The third-order valence-corrected chi connectivity index (χ3v) is 3.45. The minimum atomic E-state index is 0.101. The molecule has 0 atom stereocenters. The van der Waals surface area contributed by atoms with Crippen molar-refractivity contribution in [3.05, 3.63) is 60.8 Å². The first-order valence-electron chi connectivity index (χ1n) is 6.79. The van der Waals surface area contributed by atoms with Crippen molar-refractivity contribution in [1.29, 1.82) is 0 Å². The molecular weight excluding hydrogens is 278 g/mol. The molecule has 0 bridgehead atoms. The van der Waals surface area contributed by atoms with Gasteiger partial charge in [0.1, 0.15) is 11.4 Å². The molecular formula is C17H11N3O2. The van der Waals surface area contributed by atoms with E-state index in [2.05, 4.69) is 15.1 Å². The number of hydrogen-bond donors (Lipinski definition) is 1. The number of para-hydroxylation sites is 1. The molecule has 0 amide bonds. The fraction of sp³-hybridized carbons (Fsp3) is 0. The highest BCUT2D eigenvalue weighted by Crippen LogP contribution is 2.30. The van der Waals surface area contributed by atoms with Crippen LogP contribution in [-0.4, -0.2) is 20.2 Å². The third kappa shape index (κ3) is 2.00. The Balaban J connectivity index is 1.86. The molecule has 0 saturated heterocycles. The summed E-state index contributed by atoms with van der Waals surface area (Å²) in [7, 11) is 0. The van der Waals surface area contributed by atoms with Gasteiger partial charge >= 0.3 is 0 Å². The van der Waals surface area contributed by atoms with Gasteiger partial charge in [-0.3, -0.25) is 4.98 Å². The lowest BCUT2D eigenvalue weighted by Gasteiger charge is -2.00. The minimum absolute atomic E-state index is 0.101. The fourth-order valence-corrected chi connectivity index (χ4v) is 2.38. The molecule has 2 heterocycles. The fourth-order valence-electron chi connectivity index (χ4n) is 2.38. The van der Waals surface area contributed by atoms with Crippen LogP contribution in [-0.2, 0) is 0 Å². The second kappa shape index (κ2) is 4.96. The molecule has 0 unspecified atom stereocenters. The van der Waals surface area contributed by atoms with Gasteiger partial charge in [0, 0.05) is 11.6 Å². The number of aromatic nitrogens is 3. The van der Waals surface area contributed by atoms with Gasteiger partial charge in [-0.25, -0.2) is 0 Å². The van der Waals surface area contributed by atoms with Gasteiger partial charge in [-0.05, 0) is 23.6 Å². The number of rotatable bonds is 2. The summed E-state index contributed by atoms with van der Waals surface area (Å²) in [5, 5.41) is 15.9. The van der Waals surface area contributed by atoms with Gasteiger partial charge in [-0.1, -0.05) is 41.6 Å². The average molecular weight is 289 g/mol. The molecule has 0 saturated carbocycles. The van der Waals surface area contributed by atoms with E-state index in [-0.39, 0.29) is 11.6 Å². The van der Waals surface area contributed by atoms with Crippen LogP contribution in [0, 0.1) is 0 Å². The van der Waals surface area contributed by atoms with Gasteiger partial charge in [0.05, 0.1) is 5.56 Å². The van der Waals surface area contributed by atoms with Crippen LogP contribution in [0.1, 0.15) is 0 Å². The SMILES string of the molecule is Oc1ccccc1-c1nc(-c2nccc3ccccc23)no1. The highest BCUT2D eigenvalue weighted by atomic mass is 16.5. The van der Waals surface area contributed by atoms with Crippen molar-refractivity contribution in [1.82, 2.24) is 15.1 Å². The standard InChI is InChI=1S/C17H11N3O2/c21-14-8-4-3-7-13(14)17-19-16(20-22-17)15-12-6-2-1-5-11(12)9-10-18-15/h1-10,21H. The summed E-state index contributed by atoms with van der Waals surface area (Å²) in [4.78, 5) is 8.72. The van der Waals surface area contributed by atoms with Crippen LogP contribution in [0.25, 0.3) is 33.7 Å². The van der Waals surface area contributed by atoms with Crippen LogP contribution in [0.15, 0.2) is 65.3 Å². The maximum atomic E-state index is 9.87. The predicted molar refractivity (Wildman–Crippen MR) is 82.1 cm³/mol. The largest absolute Gasteiger partial charge is 0.507 e. The van der Waals surface area contributed by atoms with Crippen LogP contribution < -0.4 is 0 Å². The van der Waals surface area contributed by atoms with Gasteiger partial charge in [0.2, 0.25) is 5.82 Å². The van der Waals surface area contributed by atoms with E-state index in [1.807, 2.05) is 30.3 Å². The molecule has 0 spiro atoms. The highest BCUT2D eigenvalue weighted by molar-refractivity contribution is 5.92. The summed E-state index contributed by atoms with van der Waals surface area (Å²) in [6.45, 7) is 0. The van der Waals surface area contributed by atoms with Crippen molar-refractivity contribution in [3.8, 4) is 28.7 Å². The Labute approximate surface area is 125 Å². The number of benzene rings is 2. The molecule has 5 heteroatoms. The zero-order valence-electron chi connectivity index (χ0n) is 11.5. The van der Waals surface area contributed by atoms with E-state index in [9.17, 15) is 5.11 Å². The van der Waals surface area contributed by atoms with Crippen LogP contribution in [0.4, 0.5) is 0 Å². The molecule has 0 fully saturated rings. The van der Waals surface area contributed by atoms with E-state index in [0.29, 0.717) is 17.1 Å². The second-order valence-electron chi connectivity index (χ2n) is 4.82. The average Bonchev–Trinajstić information content (AvgIpc) is 3.04. The number of phenolic OH excluding ortho intramolecular Hbond substituents is 1. The normalized spacial score (nSPS) is 10.9. The molecule has 0 aliphatic heterocycles. The smallest absolute Gasteiger partial charge is 0.262 e. The second-order valence-corrected chi connectivity index (χ2v) is 4.82. The molecule has 2 aromatic carbocycles. The Morgan fingerprint density at radius 1 is 0.909 bits per heavy atom. The van der Waals surface area contributed by atoms with E-state index in [0.717, 1.165) is 10.8 Å². The first-order chi connectivity index (χ1) is 10.8. The van der Waals surface area contributed by atoms with Crippen LogP contribution in [0.5, 0.6) is 5.75 Å². The van der Waals surface area contributed by atoms with E-state index in [1.54, 1.807) is 30.5 Å². The van der Waals surface area contributed by atoms with Crippen LogP contribution in [0.2, 0.25) is 0 Å². The van der Waals surface area contributed by atoms with E-state index in [4.69, 9.17) is 4.52 Å². The van der Waals surface area contributed by atoms with Crippen molar-refractivity contribution >= 4 is 10.8 Å². The maximum absolute atomic E-state index is 9.87. The number of fused-ring (bicyclic) bond motifs is 1. The zero-order chi connectivity index (χ0) is 14.9. The molecule has 106 valence electrons. The van der Waals surface area contributed by atoms with Gasteiger partial charge in [-0.2, -0.15) is 4.98 Å². The van der Waals surface area contributed by atoms with Crippen molar-refractivity contribution in [3.63, 3.8) is 0 Å². The lowest BCUT2D eigenvalue weighted by Crippen LogP contribution is -1.88. The molecule has 2 aromatic heterocycles. The summed E-state index contributed by atoms with van der Waals surface area (Å²) >= 11 is 0. The number of hydrogen-bond acceptors (Lipinski definition) is 5. The zero-order valence-corrected chi connectivity index (χ0v) is 11.5. The van der Waals surface area contributed by atoms with E-state index < -0.39 is 0 Å². The minimum Gasteiger partial charge on any atom is -0.507 e. The molecule has 0 radical (unpaired) electrons. The Hall–Kier alpha value is -3.21. The highest BCUT2D eigenvalue weighted by Gasteiger charge is 2.15. The molecule has 0 aliphatic carbocycles. The van der Waals surface area contributed by atoms with Gasteiger partial charge < -0.3 is 9.63 Å². The molecule has 4 rings (SSSR count). The van der Waals surface area contributed by atoms with Crippen molar-refractivity contribution in [2.24, 2.45) is 0 Å². The topological polar surface area (TPSA) is 72.0 Å². The summed E-state index contributed by atoms with van der Waals surface area (Å²) in [5.74, 6) is 0.765. The summed E-state index contributed by atoms with van der Waals surface area (Å²) < 4.78 is 5.27. The molecule has 4 aromatic rings. The van der Waals surface area contributed by atoms with Crippen LogP contribution >= 0.6 is 0 Å². The Morgan fingerprint density at radius 3 is 2.64 bits per heavy atom. The summed E-state index contributed by atoms with van der Waals surface area (Å²) in [6, 6.07) is 16.7. The Kier molecular flexibility index (Phi) is 2.83. The van der Waals surface area contributed by atoms with Gasteiger partial charge in [0.25, 0.3) is 5.89 Å². The summed E-state index contributed by atoms with van der Waals surface area (Å²) in [6.07, 6.45) is 1.72. The third-order valence-electron chi connectivity index (χ3n) is 3.45.